The number of hydrogen-bond donors (Lipinski definition) is 1. The molecule has 0 saturated heterocycles. The summed E-state index contributed by atoms with van der Waals surface area (Å²) in [5, 5.41) is 4.45. The van der Waals surface area contributed by atoms with E-state index in [0.717, 1.165) is 71.0 Å². The Morgan fingerprint density at radius 1 is 0.943 bits per heavy atom. The number of rotatable bonds is 4. The Morgan fingerprint density at radius 3 is 2.46 bits per heavy atom. The number of ether oxygens (including phenoxy) is 1. The molecule has 0 aliphatic heterocycles. The normalized spacial score (nSPS) is 13.2. The van der Waals surface area contributed by atoms with Gasteiger partial charge in [-0.05, 0) is 56.7 Å². The third kappa shape index (κ3) is 4.34. The number of anilines is 1. The largest absolute Gasteiger partial charge is 0.465 e. The molecule has 0 saturated carbocycles. The van der Waals surface area contributed by atoms with E-state index in [-0.39, 0.29) is 5.91 Å². The van der Waals surface area contributed by atoms with E-state index in [1.165, 1.54) is 23.3 Å². The van der Waals surface area contributed by atoms with Crippen LogP contribution in [0.2, 0.25) is 0 Å². The van der Waals surface area contributed by atoms with Crippen molar-refractivity contribution in [3.05, 3.63) is 81.2 Å². The molecular weight excluding hydrogens is 456 g/mol. The van der Waals surface area contributed by atoms with Gasteiger partial charge in [-0.25, -0.2) is 9.78 Å². The number of benzene rings is 2. The fourth-order valence-electron chi connectivity index (χ4n) is 4.91. The lowest BCUT2D eigenvalue weighted by Crippen LogP contribution is -2.17. The predicted molar refractivity (Wildman–Crippen MR) is 142 cm³/mol. The fraction of sp³-hybridized carbons (Fsp3) is 0.276. The van der Waals surface area contributed by atoms with Gasteiger partial charge in [-0.2, -0.15) is 0 Å². The van der Waals surface area contributed by atoms with Crippen molar-refractivity contribution in [1.29, 1.82) is 0 Å². The molecule has 5 nitrogen and oxygen atoms in total. The number of aromatic nitrogens is 1. The van der Waals surface area contributed by atoms with E-state index < -0.39 is 5.97 Å². The van der Waals surface area contributed by atoms with E-state index in [9.17, 15) is 9.59 Å². The molecular formula is C29H28N2O3S. The molecule has 2 heterocycles. The standard InChI is InChI=1S/C29H28N2O3S/c1-17-13-15-19(16-14-17)26-18(2)24(20-9-7-8-11-22(20)30-26)27(32)31-28-25(29(33)34-3)21-10-5-4-6-12-23(21)35-28/h7-9,11,13-16H,4-6,10,12H2,1-3H3,(H,31,32). The van der Waals surface area contributed by atoms with Crippen molar-refractivity contribution in [2.75, 3.05) is 12.4 Å². The summed E-state index contributed by atoms with van der Waals surface area (Å²) < 4.78 is 5.12. The molecule has 0 spiro atoms. The van der Waals surface area contributed by atoms with E-state index in [4.69, 9.17) is 9.72 Å². The molecule has 0 radical (unpaired) electrons. The molecule has 4 aromatic rings. The van der Waals surface area contributed by atoms with Crippen molar-refractivity contribution >= 4 is 39.1 Å². The third-order valence-electron chi connectivity index (χ3n) is 6.73. The first-order valence-electron chi connectivity index (χ1n) is 12.0. The van der Waals surface area contributed by atoms with Crippen LogP contribution in [0.4, 0.5) is 5.00 Å². The molecule has 1 aliphatic carbocycles. The second kappa shape index (κ2) is 9.62. The van der Waals surface area contributed by atoms with Gasteiger partial charge in [-0.15, -0.1) is 11.3 Å². The summed E-state index contributed by atoms with van der Waals surface area (Å²) >= 11 is 1.51. The lowest BCUT2D eigenvalue weighted by molar-refractivity contribution is 0.0601. The zero-order chi connectivity index (χ0) is 24.5. The highest BCUT2D eigenvalue weighted by Crippen LogP contribution is 2.39. The molecule has 0 fully saturated rings. The second-order valence-electron chi connectivity index (χ2n) is 9.06. The Kier molecular flexibility index (Phi) is 6.39. The number of carbonyl (C=O) groups is 2. The number of thiophene rings is 1. The molecule has 1 amide bonds. The smallest absolute Gasteiger partial charge is 0.341 e. The molecule has 1 aliphatic rings. The first-order valence-corrected chi connectivity index (χ1v) is 12.8. The lowest BCUT2D eigenvalue weighted by atomic mass is 9.96. The van der Waals surface area contributed by atoms with Crippen LogP contribution in [0, 0.1) is 13.8 Å². The highest BCUT2D eigenvalue weighted by atomic mass is 32.1. The Labute approximate surface area is 209 Å². The van der Waals surface area contributed by atoms with Crippen LogP contribution in [0.25, 0.3) is 22.2 Å². The van der Waals surface area contributed by atoms with Crippen LogP contribution in [0.15, 0.2) is 48.5 Å². The number of pyridine rings is 1. The first kappa shape index (κ1) is 23.2. The molecule has 0 atom stereocenters. The van der Waals surface area contributed by atoms with Crippen LogP contribution in [0.5, 0.6) is 0 Å². The van der Waals surface area contributed by atoms with E-state index in [1.807, 2.05) is 62.4 Å². The summed E-state index contributed by atoms with van der Waals surface area (Å²) in [6, 6.07) is 15.9. The third-order valence-corrected chi connectivity index (χ3v) is 7.93. The number of nitrogens with zero attached hydrogens (tertiary/aromatic N) is 1. The maximum atomic E-state index is 13.8. The number of methoxy groups -OCH3 is 1. The van der Waals surface area contributed by atoms with Gasteiger partial charge < -0.3 is 10.1 Å². The van der Waals surface area contributed by atoms with Crippen molar-refractivity contribution in [3.63, 3.8) is 0 Å². The number of para-hydroxylation sites is 1. The van der Waals surface area contributed by atoms with Crippen LogP contribution in [0.3, 0.4) is 0 Å². The minimum absolute atomic E-state index is 0.240. The van der Waals surface area contributed by atoms with Crippen molar-refractivity contribution in [2.24, 2.45) is 0 Å². The van der Waals surface area contributed by atoms with Gasteiger partial charge >= 0.3 is 5.97 Å². The molecule has 0 bridgehead atoms. The van der Waals surface area contributed by atoms with E-state index in [0.29, 0.717) is 16.1 Å². The summed E-state index contributed by atoms with van der Waals surface area (Å²) in [7, 11) is 1.39. The fourth-order valence-corrected chi connectivity index (χ4v) is 6.18. The SMILES string of the molecule is COC(=O)c1c(NC(=O)c2c(C)c(-c3ccc(C)cc3)nc3ccccc23)sc2c1CCCCC2. The van der Waals surface area contributed by atoms with Gasteiger partial charge in [-0.1, -0.05) is 54.4 Å². The van der Waals surface area contributed by atoms with E-state index in [1.54, 1.807) is 0 Å². The molecule has 5 rings (SSSR count). The average molecular weight is 485 g/mol. The van der Waals surface area contributed by atoms with Crippen LogP contribution >= 0.6 is 11.3 Å². The Bertz CT molecular complexity index is 1440. The minimum Gasteiger partial charge on any atom is -0.465 e. The summed E-state index contributed by atoms with van der Waals surface area (Å²) in [4.78, 5) is 32.7. The number of amides is 1. The lowest BCUT2D eigenvalue weighted by Gasteiger charge is -2.15. The molecule has 6 heteroatoms. The molecule has 35 heavy (non-hydrogen) atoms. The summed E-state index contributed by atoms with van der Waals surface area (Å²) in [5.74, 6) is -0.632. The molecule has 2 aromatic heterocycles. The number of fused-ring (bicyclic) bond motifs is 2. The quantitative estimate of drug-likeness (QED) is 0.253. The Balaban J connectivity index is 1.62. The highest BCUT2D eigenvalue weighted by Gasteiger charge is 2.28. The zero-order valence-electron chi connectivity index (χ0n) is 20.2. The highest BCUT2D eigenvalue weighted by molar-refractivity contribution is 7.17. The molecule has 178 valence electrons. The van der Waals surface area contributed by atoms with Crippen molar-refractivity contribution in [2.45, 2.75) is 46.0 Å². The zero-order valence-corrected chi connectivity index (χ0v) is 21.1. The van der Waals surface area contributed by atoms with Gasteiger partial charge in [0.05, 0.1) is 29.4 Å². The van der Waals surface area contributed by atoms with Gasteiger partial charge in [0.1, 0.15) is 5.00 Å². The summed E-state index contributed by atoms with van der Waals surface area (Å²) in [6.45, 7) is 3.99. The van der Waals surface area contributed by atoms with Gasteiger partial charge in [0, 0.05) is 15.8 Å². The van der Waals surface area contributed by atoms with Crippen LogP contribution < -0.4 is 5.32 Å². The maximum absolute atomic E-state index is 13.8. The van der Waals surface area contributed by atoms with Gasteiger partial charge in [0.2, 0.25) is 0 Å². The number of nitrogens with one attached hydrogen (secondary N) is 1. The monoisotopic (exact) mass is 484 g/mol. The van der Waals surface area contributed by atoms with Gasteiger partial charge in [0.15, 0.2) is 0 Å². The van der Waals surface area contributed by atoms with Crippen LogP contribution in [-0.4, -0.2) is 24.0 Å². The van der Waals surface area contributed by atoms with Crippen LogP contribution in [-0.2, 0) is 17.6 Å². The Hall–Kier alpha value is -3.51. The number of esters is 1. The van der Waals surface area contributed by atoms with Crippen molar-refractivity contribution < 1.29 is 14.3 Å². The minimum atomic E-state index is -0.392. The van der Waals surface area contributed by atoms with Gasteiger partial charge in [-0.3, -0.25) is 4.79 Å². The van der Waals surface area contributed by atoms with Crippen LogP contribution in [0.1, 0.15) is 61.5 Å². The van der Waals surface area contributed by atoms with E-state index in [2.05, 4.69) is 5.32 Å². The number of carbonyl (C=O) groups excluding carboxylic acids is 2. The molecule has 1 N–H and O–H groups in total. The number of aryl methyl sites for hydroxylation is 2. The van der Waals surface area contributed by atoms with Gasteiger partial charge in [0.25, 0.3) is 5.91 Å². The number of hydrogen-bond acceptors (Lipinski definition) is 5. The second-order valence-corrected chi connectivity index (χ2v) is 10.2. The summed E-state index contributed by atoms with van der Waals surface area (Å²) in [5.41, 5.74) is 6.60. The summed E-state index contributed by atoms with van der Waals surface area (Å²) in [6.07, 6.45) is 5.04. The first-order chi connectivity index (χ1) is 17.0. The van der Waals surface area contributed by atoms with Crippen molar-refractivity contribution in [1.82, 2.24) is 4.98 Å². The predicted octanol–water partition coefficient (Wildman–Crippen LogP) is 6.89. The topological polar surface area (TPSA) is 68.3 Å². The maximum Gasteiger partial charge on any atom is 0.341 e. The molecule has 2 aromatic carbocycles. The Morgan fingerprint density at radius 2 is 1.69 bits per heavy atom. The van der Waals surface area contributed by atoms with Crippen molar-refractivity contribution in [3.8, 4) is 11.3 Å². The molecule has 0 unspecified atom stereocenters. The average Bonchev–Trinajstić information content (AvgIpc) is 3.03. The van der Waals surface area contributed by atoms with E-state index >= 15 is 0 Å².